The minimum absolute atomic E-state index is 0.216. The Kier molecular flexibility index (Phi) is 6.67. The maximum Gasteiger partial charge on any atom is 0.150 e. The van der Waals surface area contributed by atoms with Crippen LogP contribution >= 0.6 is 27.5 Å². The molecule has 1 atom stereocenters. The quantitative estimate of drug-likeness (QED) is 0.700. The van der Waals surface area contributed by atoms with Gasteiger partial charge in [-0.25, -0.2) is 8.42 Å². The molecule has 102 valence electrons. The molecule has 0 fully saturated rings. The zero-order valence-corrected chi connectivity index (χ0v) is 13.6. The van der Waals surface area contributed by atoms with Crippen LogP contribution in [0.15, 0.2) is 24.3 Å². The second kappa shape index (κ2) is 7.51. The highest BCUT2D eigenvalue weighted by Crippen LogP contribution is 2.22. The molecule has 1 rings (SSSR count). The monoisotopic (exact) mass is 352 g/mol. The van der Waals surface area contributed by atoms with E-state index in [1.165, 1.54) is 0 Å². The summed E-state index contributed by atoms with van der Waals surface area (Å²) in [6, 6.07) is 7.71. The average Bonchev–Trinajstić information content (AvgIpc) is 2.36. The Labute approximate surface area is 123 Å². The van der Waals surface area contributed by atoms with Crippen molar-refractivity contribution in [2.45, 2.75) is 19.8 Å². The lowest BCUT2D eigenvalue weighted by Gasteiger charge is -2.14. The van der Waals surface area contributed by atoms with Crippen LogP contribution in [0.4, 0.5) is 0 Å². The van der Waals surface area contributed by atoms with Gasteiger partial charge < -0.3 is 0 Å². The van der Waals surface area contributed by atoms with E-state index in [0.717, 1.165) is 22.3 Å². The predicted octanol–water partition coefficient (Wildman–Crippen LogP) is 3.72. The molecule has 0 heterocycles. The minimum Gasteiger partial charge on any atom is -0.229 e. The fourth-order valence-corrected chi connectivity index (χ4v) is 3.45. The third-order valence-corrected chi connectivity index (χ3v) is 5.98. The summed E-state index contributed by atoms with van der Waals surface area (Å²) >= 11 is 9.56. The van der Waals surface area contributed by atoms with Crippen LogP contribution in [0, 0.1) is 5.92 Å². The fraction of sp³-hybridized carbons (Fsp3) is 0.538. The Balaban J connectivity index is 2.61. The van der Waals surface area contributed by atoms with E-state index < -0.39 is 9.84 Å². The number of hydrogen-bond acceptors (Lipinski definition) is 2. The van der Waals surface area contributed by atoms with Crippen LogP contribution in [0.2, 0.25) is 5.02 Å². The summed E-state index contributed by atoms with van der Waals surface area (Å²) in [5.41, 5.74) is 1.08. The normalized spacial score (nSPS) is 13.5. The Morgan fingerprint density at radius 1 is 1.33 bits per heavy atom. The van der Waals surface area contributed by atoms with Gasteiger partial charge in [0.1, 0.15) is 9.84 Å². The number of alkyl halides is 1. The van der Waals surface area contributed by atoms with Gasteiger partial charge in [-0.1, -0.05) is 52.7 Å². The molecule has 1 aromatic carbocycles. The first-order valence-corrected chi connectivity index (χ1v) is 9.30. The molecule has 1 unspecified atom stereocenters. The third-order valence-electron chi connectivity index (χ3n) is 2.96. The predicted molar refractivity (Wildman–Crippen MR) is 81.4 cm³/mol. The highest BCUT2D eigenvalue weighted by molar-refractivity contribution is 9.09. The number of rotatable bonds is 7. The third kappa shape index (κ3) is 5.29. The maximum atomic E-state index is 11.5. The van der Waals surface area contributed by atoms with E-state index in [9.17, 15) is 8.42 Å². The zero-order chi connectivity index (χ0) is 13.6. The van der Waals surface area contributed by atoms with Gasteiger partial charge in [-0.3, -0.25) is 0 Å². The number of benzene rings is 1. The Morgan fingerprint density at radius 2 is 2.00 bits per heavy atom. The molecule has 0 aromatic heterocycles. The van der Waals surface area contributed by atoms with E-state index in [0.29, 0.717) is 12.3 Å². The van der Waals surface area contributed by atoms with Crippen molar-refractivity contribution in [3.8, 4) is 0 Å². The second-order valence-corrected chi connectivity index (χ2v) is 7.87. The van der Waals surface area contributed by atoms with E-state index in [1.807, 2.05) is 24.3 Å². The van der Waals surface area contributed by atoms with Gasteiger partial charge in [0, 0.05) is 16.1 Å². The van der Waals surface area contributed by atoms with Gasteiger partial charge in [-0.05, 0) is 30.4 Å². The van der Waals surface area contributed by atoms with Crippen LogP contribution in [0.25, 0.3) is 0 Å². The molecule has 0 saturated heterocycles. The Morgan fingerprint density at radius 3 is 2.56 bits per heavy atom. The number of halogens is 2. The van der Waals surface area contributed by atoms with Crippen molar-refractivity contribution in [3.05, 3.63) is 34.9 Å². The van der Waals surface area contributed by atoms with Crippen LogP contribution in [-0.2, 0) is 16.3 Å². The molecule has 2 nitrogen and oxygen atoms in total. The van der Waals surface area contributed by atoms with Crippen molar-refractivity contribution in [2.24, 2.45) is 5.92 Å². The average molecular weight is 354 g/mol. The molecular formula is C13H18BrClO2S. The molecule has 0 aliphatic rings. The van der Waals surface area contributed by atoms with Crippen molar-refractivity contribution in [1.82, 2.24) is 0 Å². The van der Waals surface area contributed by atoms with Crippen molar-refractivity contribution in [1.29, 1.82) is 0 Å². The molecule has 0 radical (unpaired) electrons. The van der Waals surface area contributed by atoms with Gasteiger partial charge in [0.2, 0.25) is 0 Å². The minimum atomic E-state index is -2.88. The zero-order valence-electron chi connectivity index (χ0n) is 10.4. The number of sulfone groups is 1. The molecule has 0 aliphatic heterocycles. The van der Waals surface area contributed by atoms with Gasteiger partial charge in [-0.15, -0.1) is 0 Å². The Hall–Kier alpha value is -0.0600. The van der Waals surface area contributed by atoms with Gasteiger partial charge in [-0.2, -0.15) is 0 Å². The highest BCUT2D eigenvalue weighted by Gasteiger charge is 2.15. The van der Waals surface area contributed by atoms with E-state index in [-0.39, 0.29) is 11.5 Å². The molecular weight excluding hydrogens is 336 g/mol. The molecule has 0 amide bonds. The first kappa shape index (κ1) is 16.0. The summed E-state index contributed by atoms with van der Waals surface area (Å²) < 4.78 is 23.0. The van der Waals surface area contributed by atoms with Crippen LogP contribution in [0.5, 0.6) is 0 Å². The van der Waals surface area contributed by atoms with E-state index in [2.05, 4.69) is 15.9 Å². The van der Waals surface area contributed by atoms with Crippen LogP contribution in [0.1, 0.15) is 18.9 Å². The molecule has 0 saturated carbocycles. The van der Waals surface area contributed by atoms with Gasteiger partial charge in [0.25, 0.3) is 0 Å². The summed E-state index contributed by atoms with van der Waals surface area (Å²) in [5, 5.41) is 1.54. The molecule has 18 heavy (non-hydrogen) atoms. The molecule has 0 spiro atoms. The van der Waals surface area contributed by atoms with Gasteiger partial charge in [0.05, 0.1) is 5.75 Å². The Bertz CT molecular complexity index is 474. The van der Waals surface area contributed by atoms with E-state index in [4.69, 9.17) is 11.6 Å². The van der Waals surface area contributed by atoms with Crippen LogP contribution in [-0.4, -0.2) is 25.3 Å². The van der Waals surface area contributed by atoms with Crippen molar-refractivity contribution >= 4 is 37.4 Å². The topological polar surface area (TPSA) is 34.1 Å². The summed E-state index contributed by atoms with van der Waals surface area (Å²) in [7, 11) is -2.88. The smallest absolute Gasteiger partial charge is 0.150 e. The molecule has 0 aliphatic carbocycles. The summed E-state index contributed by atoms with van der Waals surface area (Å²) in [5.74, 6) is 0.768. The first-order valence-electron chi connectivity index (χ1n) is 5.98. The molecule has 5 heteroatoms. The summed E-state index contributed by atoms with van der Waals surface area (Å²) in [4.78, 5) is 0. The van der Waals surface area contributed by atoms with Crippen LogP contribution < -0.4 is 0 Å². The van der Waals surface area contributed by atoms with E-state index >= 15 is 0 Å². The second-order valence-electron chi connectivity index (χ2n) is 4.34. The van der Waals surface area contributed by atoms with Crippen LogP contribution in [0.3, 0.4) is 0 Å². The molecule has 0 bridgehead atoms. The van der Waals surface area contributed by atoms with Crippen molar-refractivity contribution < 1.29 is 8.42 Å². The lowest BCUT2D eigenvalue weighted by atomic mass is 9.99. The highest BCUT2D eigenvalue weighted by atomic mass is 79.9. The van der Waals surface area contributed by atoms with Crippen molar-refractivity contribution in [3.63, 3.8) is 0 Å². The van der Waals surface area contributed by atoms with Crippen molar-refractivity contribution in [2.75, 3.05) is 16.8 Å². The van der Waals surface area contributed by atoms with Gasteiger partial charge in [0.15, 0.2) is 0 Å². The first-order chi connectivity index (χ1) is 8.48. The van der Waals surface area contributed by atoms with E-state index in [1.54, 1.807) is 6.92 Å². The fourth-order valence-electron chi connectivity index (χ4n) is 1.70. The lowest BCUT2D eigenvalue weighted by Crippen LogP contribution is -2.15. The SMILES string of the molecule is CCS(=O)(=O)CCC(CBr)Cc1ccccc1Cl. The molecule has 0 N–H and O–H groups in total. The summed E-state index contributed by atoms with van der Waals surface area (Å²) in [6.07, 6.45) is 1.48. The largest absolute Gasteiger partial charge is 0.229 e. The molecule has 1 aromatic rings. The standard InChI is InChI=1S/C13H18BrClO2S/c1-2-18(16,17)8-7-11(10-14)9-12-5-3-4-6-13(12)15/h3-6,11H,2,7-10H2,1H3. The lowest BCUT2D eigenvalue weighted by molar-refractivity contribution is 0.553. The van der Waals surface area contributed by atoms with Gasteiger partial charge >= 0.3 is 0 Å². The number of hydrogen-bond donors (Lipinski definition) is 0. The summed E-state index contributed by atoms with van der Waals surface area (Å²) in [6.45, 7) is 1.69. The maximum absolute atomic E-state index is 11.5.